The Kier molecular flexibility index (Phi) is 3.50. The zero-order chi connectivity index (χ0) is 12.5. The van der Waals surface area contributed by atoms with Gasteiger partial charge in [0.15, 0.2) is 0 Å². The second kappa shape index (κ2) is 4.75. The molecule has 0 bridgehead atoms. The zero-order valence-corrected chi connectivity index (χ0v) is 10.4. The lowest BCUT2D eigenvalue weighted by Crippen LogP contribution is -2.64. The van der Waals surface area contributed by atoms with Crippen molar-refractivity contribution >= 4 is 15.9 Å². The second-order valence-electron chi connectivity index (χ2n) is 4.27. The largest absolute Gasteiger partial charge is 0.353 e. The lowest BCUT2D eigenvalue weighted by Gasteiger charge is -2.42. The number of piperazine rings is 2. The first-order valence-electron chi connectivity index (χ1n) is 5.65. The number of hydrogen-bond donors (Lipinski definition) is 1. The monoisotopic (exact) mass is 259 g/mol. The van der Waals surface area contributed by atoms with Crippen molar-refractivity contribution in [3.05, 3.63) is 12.7 Å². The van der Waals surface area contributed by atoms with Gasteiger partial charge in [-0.05, 0) is 0 Å². The van der Waals surface area contributed by atoms with Gasteiger partial charge in [0.1, 0.15) is 6.04 Å². The molecule has 0 aromatic rings. The average molecular weight is 259 g/mol. The molecule has 2 saturated heterocycles. The minimum absolute atomic E-state index is 0.0681. The number of sulfonamides is 1. The quantitative estimate of drug-likeness (QED) is 0.634. The highest BCUT2D eigenvalue weighted by Crippen LogP contribution is 2.15. The van der Waals surface area contributed by atoms with Crippen LogP contribution in [0, 0.1) is 0 Å². The van der Waals surface area contributed by atoms with Gasteiger partial charge in [0.05, 0.1) is 5.75 Å². The summed E-state index contributed by atoms with van der Waals surface area (Å²) in [6.07, 6.45) is 1.38. The maximum atomic E-state index is 11.9. The minimum atomic E-state index is -3.30. The van der Waals surface area contributed by atoms with E-state index in [9.17, 15) is 13.2 Å². The number of hydrogen-bond acceptors (Lipinski definition) is 4. The molecule has 0 aliphatic carbocycles. The molecule has 1 atom stereocenters. The van der Waals surface area contributed by atoms with Crippen molar-refractivity contribution in [3.63, 3.8) is 0 Å². The van der Waals surface area contributed by atoms with E-state index in [1.807, 2.05) is 4.90 Å². The highest BCUT2D eigenvalue weighted by molar-refractivity contribution is 7.89. The molecular formula is C10H17N3O3S. The molecule has 2 rings (SSSR count). The number of carbonyl (C=O) groups is 1. The summed E-state index contributed by atoms with van der Waals surface area (Å²) in [5.74, 6) is -0.142. The maximum absolute atomic E-state index is 11.9. The summed E-state index contributed by atoms with van der Waals surface area (Å²) < 4.78 is 25.1. The maximum Gasteiger partial charge on any atom is 0.238 e. The van der Waals surface area contributed by atoms with E-state index in [0.29, 0.717) is 19.6 Å². The summed E-state index contributed by atoms with van der Waals surface area (Å²) >= 11 is 0. The Morgan fingerprint density at radius 2 is 2.18 bits per heavy atom. The number of nitrogens with zero attached hydrogens (tertiary/aromatic N) is 2. The van der Waals surface area contributed by atoms with Gasteiger partial charge in [-0.3, -0.25) is 9.69 Å². The van der Waals surface area contributed by atoms with Crippen LogP contribution in [-0.2, 0) is 14.8 Å². The normalized spacial score (nSPS) is 27.3. The van der Waals surface area contributed by atoms with Crippen molar-refractivity contribution < 1.29 is 13.2 Å². The van der Waals surface area contributed by atoms with Crippen molar-refractivity contribution in [1.29, 1.82) is 0 Å². The molecule has 0 aromatic heterocycles. The number of amides is 1. The summed E-state index contributed by atoms with van der Waals surface area (Å²) in [6.45, 7) is 6.22. The molecule has 0 radical (unpaired) electrons. The standard InChI is InChI=1S/C10H17N3O3S/c1-2-7-17(15,16)13-6-5-12-4-3-11-10(14)9(12)8-13/h2,9H,1,3-8H2,(H,11,14)/t9-/m0/s1. The van der Waals surface area contributed by atoms with Crippen molar-refractivity contribution in [3.8, 4) is 0 Å². The Hall–Kier alpha value is -0.920. The predicted molar refractivity (Wildman–Crippen MR) is 63.9 cm³/mol. The Balaban J connectivity index is 2.10. The van der Waals surface area contributed by atoms with Crippen LogP contribution in [0.25, 0.3) is 0 Å². The Morgan fingerprint density at radius 3 is 2.88 bits per heavy atom. The lowest BCUT2D eigenvalue weighted by molar-refractivity contribution is -0.130. The highest BCUT2D eigenvalue weighted by Gasteiger charge is 2.38. The third-order valence-corrected chi connectivity index (χ3v) is 4.95. The molecule has 2 heterocycles. The van der Waals surface area contributed by atoms with Gasteiger partial charge in [-0.2, -0.15) is 4.31 Å². The van der Waals surface area contributed by atoms with E-state index in [1.54, 1.807) is 0 Å². The van der Waals surface area contributed by atoms with Gasteiger partial charge in [-0.25, -0.2) is 8.42 Å². The van der Waals surface area contributed by atoms with Crippen LogP contribution >= 0.6 is 0 Å². The molecule has 0 spiro atoms. The molecule has 1 amide bonds. The van der Waals surface area contributed by atoms with Gasteiger partial charge in [0.2, 0.25) is 15.9 Å². The third kappa shape index (κ3) is 2.51. The number of nitrogens with one attached hydrogen (secondary N) is 1. The van der Waals surface area contributed by atoms with Crippen LogP contribution < -0.4 is 5.32 Å². The number of carbonyl (C=O) groups excluding carboxylic acids is 1. The summed E-state index contributed by atoms with van der Waals surface area (Å²) in [6, 6.07) is -0.336. The van der Waals surface area contributed by atoms with Crippen LogP contribution in [0.2, 0.25) is 0 Å². The summed E-state index contributed by atoms with van der Waals surface area (Å²) in [4.78, 5) is 13.7. The first kappa shape index (κ1) is 12.5. The van der Waals surface area contributed by atoms with Crippen LogP contribution in [0.5, 0.6) is 0 Å². The molecule has 0 saturated carbocycles. The van der Waals surface area contributed by atoms with Crippen LogP contribution in [0.4, 0.5) is 0 Å². The fourth-order valence-electron chi connectivity index (χ4n) is 2.26. The van der Waals surface area contributed by atoms with Gasteiger partial charge in [0.25, 0.3) is 0 Å². The van der Waals surface area contributed by atoms with Gasteiger partial charge in [0, 0.05) is 32.7 Å². The molecule has 0 unspecified atom stereocenters. The van der Waals surface area contributed by atoms with Crippen LogP contribution in [0.3, 0.4) is 0 Å². The predicted octanol–water partition coefficient (Wildman–Crippen LogP) is -1.38. The third-order valence-electron chi connectivity index (χ3n) is 3.18. The molecule has 96 valence electrons. The molecule has 2 aliphatic rings. The van der Waals surface area contributed by atoms with E-state index in [4.69, 9.17) is 0 Å². The van der Waals surface area contributed by atoms with Crippen molar-refractivity contribution in [1.82, 2.24) is 14.5 Å². The van der Waals surface area contributed by atoms with E-state index in [2.05, 4.69) is 11.9 Å². The summed E-state index contributed by atoms with van der Waals surface area (Å²) in [5, 5.41) is 2.76. The van der Waals surface area contributed by atoms with Crippen molar-refractivity contribution in [2.24, 2.45) is 0 Å². The fourth-order valence-corrected chi connectivity index (χ4v) is 3.50. The number of fused-ring (bicyclic) bond motifs is 1. The van der Waals surface area contributed by atoms with Crippen LogP contribution in [0.1, 0.15) is 0 Å². The van der Waals surface area contributed by atoms with Crippen molar-refractivity contribution in [2.75, 3.05) is 38.5 Å². The molecular weight excluding hydrogens is 242 g/mol. The zero-order valence-electron chi connectivity index (χ0n) is 9.63. The first-order chi connectivity index (χ1) is 8.04. The summed E-state index contributed by atoms with van der Waals surface area (Å²) in [5.41, 5.74) is 0. The van der Waals surface area contributed by atoms with Crippen LogP contribution in [0.15, 0.2) is 12.7 Å². The molecule has 2 aliphatic heterocycles. The molecule has 7 heteroatoms. The average Bonchev–Trinajstić information content (AvgIpc) is 2.29. The van der Waals surface area contributed by atoms with E-state index in [0.717, 1.165) is 6.54 Å². The van der Waals surface area contributed by atoms with Gasteiger partial charge in [-0.15, -0.1) is 6.58 Å². The highest BCUT2D eigenvalue weighted by atomic mass is 32.2. The SMILES string of the molecule is C=CCS(=O)(=O)N1CCN2CCNC(=O)[C@@H]2C1. The Bertz CT molecular complexity index is 421. The molecule has 2 fully saturated rings. The van der Waals surface area contributed by atoms with Gasteiger partial charge in [-0.1, -0.05) is 6.08 Å². The molecule has 1 N–H and O–H groups in total. The first-order valence-corrected chi connectivity index (χ1v) is 7.26. The van der Waals surface area contributed by atoms with Gasteiger partial charge >= 0.3 is 0 Å². The van der Waals surface area contributed by atoms with Crippen molar-refractivity contribution in [2.45, 2.75) is 6.04 Å². The molecule has 17 heavy (non-hydrogen) atoms. The topological polar surface area (TPSA) is 69.7 Å². The smallest absolute Gasteiger partial charge is 0.238 e. The van der Waals surface area contributed by atoms with E-state index in [1.165, 1.54) is 10.4 Å². The van der Waals surface area contributed by atoms with E-state index in [-0.39, 0.29) is 24.2 Å². The fraction of sp³-hybridized carbons (Fsp3) is 0.700. The Morgan fingerprint density at radius 1 is 1.41 bits per heavy atom. The van der Waals surface area contributed by atoms with E-state index >= 15 is 0 Å². The van der Waals surface area contributed by atoms with Crippen LogP contribution in [-0.4, -0.2) is 68.0 Å². The van der Waals surface area contributed by atoms with E-state index < -0.39 is 10.0 Å². The number of rotatable bonds is 3. The Labute approximate surface area is 101 Å². The summed E-state index contributed by atoms with van der Waals surface area (Å²) in [7, 11) is -3.30. The molecule has 0 aromatic carbocycles. The van der Waals surface area contributed by atoms with Gasteiger partial charge < -0.3 is 5.32 Å². The lowest BCUT2D eigenvalue weighted by atomic mass is 10.1. The minimum Gasteiger partial charge on any atom is -0.353 e. The molecule has 6 nitrogen and oxygen atoms in total. The second-order valence-corrected chi connectivity index (χ2v) is 6.28.